The number of fused-ring (bicyclic) bond motifs is 1. The van der Waals surface area contributed by atoms with Crippen LogP contribution in [0.3, 0.4) is 0 Å². The molecular formula is C27H38N4O6S2. The van der Waals surface area contributed by atoms with Crippen molar-refractivity contribution in [2.45, 2.75) is 68.3 Å². The molecule has 0 spiro atoms. The zero-order valence-electron chi connectivity index (χ0n) is 22.6. The van der Waals surface area contributed by atoms with Gasteiger partial charge < -0.3 is 25.0 Å². The number of ether oxygens (including phenoxy) is 1. The highest BCUT2D eigenvalue weighted by Crippen LogP contribution is 2.32. The van der Waals surface area contributed by atoms with Gasteiger partial charge in [0.15, 0.2) is 0 Å². The standard InChI is InChI=1S/C27H38N4O6S2/c1-18-15-31(19(2)17-32)26(33)22-14-21(29-39(35,36)25-10-7-13-38-25)11-12-23(22)37-24(18)16-30(3)27(34)28-20-8-5-4-6-9-20/h7,10-14,18-20,24,29,32H,4-6,8-9,15-17H2,1-3H3,(H,28,34)/t18-,19-,24+/m0/s1. The third-order valence-electron chi connectivity index (χ3n) is 7.41. The number of aliphatic hydroxyl groups excluding tert-OH is 1. The molecule has 1 saturated carbocycles. The van der Waals surface area contributed by atoms with Crippen molar-refractivity contribution in [1.82, 2.24) is 15.1 Å². The number of carbonyl (C=O) groups is 2. The predicted molar refractivity (Wildman–Crippen MR) is 151 cm³/mol. The molecule has 2 heterocycles. The summed E-state index contributed by atoms with van der Waals surface area (Å²) < 4.78 is 34.6. The number of rotatable bonds is 8. The van der Waals surface area contributed by atoms with Crippen LogP contribution in [-0.4, -0.2) is 80.2 Å². The number of likely N-dealkylation sites (N-methyl/N-ethyl adjacent to an activating group) is 1. The van der Waals surface area contributed by atoms with Crippen LogP contribution >= 0.6 is 11.3 Å². The molecule has 12 heteroatoms. The third kappa shape index (κ3) is 7.03. The second kappa shape index (κ2) is 12.6. The fraction of sp³-hybridized carbons (Fsp3) is 0.556. The highest BCUT2D eigenvalue weighted by atomic mass is 32.2. The highest BCUT2D eigenvalue weighted by Gasteiger charge is 2.34. The number of sulfonamides is 1. The summed E-state index contributed by atoms with van der Waals surface area (Å²) in [6.45, 7) is 4.08. The molecule has 3 atom stereocenters. The maximum atomic E-state index is 13.6. The lowest BCUT2D eigenvalue weighted by molar-refractivity contribution is 0.0366. The minimum Gasteiger partial charge on any atom is -0.487 e. The maximum absolute atomic E-state index is 13.6. The Kier molecular flexibility index (Phi) is 9.39. The summed E-state index contributed by atoms with van der Waals surface area (Å²) in [6.07, 6.45) is 4.96. The van der Waals surface area contributed by atoms with Crippen LogP contribution in [0.15, 0.2) is 39.9 Å². The van der Waals surface area contributed by atoms with Crippen molar-refractivity contribution in [2.24, 2.45) is 5.92 Å². The molecule has 10 nitrogen and oxygen atoms in total. The largest absolute Gasteiger partial charge is 0.487 e. The van der Waals surface area contributed by atoms with E-state index >= 15 is 0 Å². The monoisotopic (exact) mass is 578 g/mol. The van der Waals surface area contributed by atoms with Gasteiger partial charge in [0.25, 0.3) is 15.9 Å². The number of nitrogens with one attached hydrogen (secondary N) is 2. The average molecular weight is 579 g/mol. The summed E-state index contributed by atoms with van der Waals surface area (Å²) in [6, 6.07) is 7.31. The summed E-state index contributed by atoms with van der Waals surface area (Å²) in [4.78, 5) is 29.8. The molecule has 1 aromatic carbocycles. The molecule has 0 bridgehead atoms. The number of anilines is 1. The van der Waals surface area contributed by atoms with Crippen molar-refractivity contribution >= 4 is 39.0 Å². The zero-order valence-corrected chi connectivity index (χ0v) is 24.3. The van der Waals surface area contributed by atoms with Crippen molar-refractivity contribution in [3.05, 3.63) is 41.3 Å². The Morgan fingerprint density at radius 3 is 2.67 bits per heavy atom. The molecule has 0 unspecified atom stereocenters. The van der Waals surface area contributed by atoms with E-state index in [0.29, 0.717) is 18.8 Å². The molecule has 1 aromatic heterocycles. The lowest BCUT2D eigenvalue weighted by Crippen LogP contribution is -2.52. The van der Waals surface area contributed by atoms with E-state index in [1.807, 2.05) is 6.92 Å². The van der Waals surface area contributed by atoms with E-state index < -0.39 is 22.2 Å². The molecule has 39 heavy (non-hydrogen) atoms. The van der Waals surface area contributed by atoms with Crippen molar-refractivity contribution in [3.8, 4) is 5.75 Å². The van der Waals surface area contributed by atoms with Gasteiger partial charge in [-0.2, -0.15) is 0 Å². The van der Waals surface area contributed by atoms with Gasteiger partial charge in [-0.05, 0) is 49.4 Å². The minimum atomic E-state index is -3.81. The second-order valence-corrected chi connectivity index (χ2v) is 13.4. The van der Waals surface area contributed by atoms with Gasteiger partial charge in [0.2, 0.25) is 0 Å². The fourth-order valence-electron chi connectivity index (χ4n) is 5.01. The number of carbonyl (C=O) groups excluding carboxylic acids is 2. The number of nitrogens with zero attached hydrogens (tertiary/aromatic N) is 2. The van der Waals surface area contributed by atoms with Crippen LogP contribution < -0.4 is 14.8 Å². The molecule has 214 valence electrons. The van der Waals surface area contributed by atoms with Crippen LogP contribution in [0, 0.1) is 5.92 Å². The summed E-state index contributed by atoms with van der Waals surface area (Å²) in [7, 11) is -2.08. The van der Waals surface area contributed by atoms with Gasteiger partial charge in [0.1, 0.15) is 16.1 Å². The van der Waals surface area contributed by atoms with Crippen molar-refractivity contribution in [1.29, 1.82) is 0 Å². The molecular weight excluding hydrogens is 540 g/mol. The van der Waals surface area contributed by atoms with E-state index in [2.05, 4.69) is 10.0 Å². The number of hydrogen-bond acceptors (Lipinski definition) is 7. The van der Waals surface area contributed by atoms with E-state index in [4.69, 9.17) is 4.74 Å². The second-order valence-electron chi connectivity index (χ2n) is 10.5. The zero-order chi connectivity index (χ0) is 28.2. The first-order valence-electron chi connectivity index (χ1n) is 13.4. The van der Waals surface area contributed by atoms with Crippen LogP contribution in [0.2, 0.25) is 0 Å². The van der Waals surface area contributed by atoms with Gasteiger partial charge in [-0.1, -0.05) is 32.3 Å². The normalized spacial score (nSPS) is 21.2. The number of aliphatic hydroxyl groups is 1. The van der Waals surface area contributed by atoms with Gasteiger partial charge in [-0.25, -0.2) is 13.2 Å². The topological polar surface area (TPSA) is 128 Å². The van der Waals surface area contributed by atoms with E-state index in [-0.39, 0.29) is 46.0 Å². The SMILES string of the molecule is C[C@H]1CN([C@@H](C)CO)C(=O)c2cc(NS(=O)(=O)c3cccs3)ccc2O[C@@H]1CN(C)C(=O)NC1CCCCC1. The quantitative estimate of drug-likeness (QED) is 0.438. The molecule has 0 radical (unpaired) electrons. The molecule has 0 saturated heterocycles. The first-order valence-corrected chi connectivity index (χ1v) is 15.8. The van der Waals surface area contributed by atoms with Crippen LogP contribution in [-0.2, 0) is 10.0 Å². The molecule has 1 aliphatic heterocycles. The molecule has 3 amide bonds. The van der Waals surface area contributed by atoms with E-state index in [1.54, 1.807) is 47.4 Å². The Bertz CT molecular complexity index is 1250. The van der Waals surface area contributed by atoms with Crippen LogP contribution in [0.5, 0.6) is 5.75 Å². The van der Waals surface area contributed by atoms with E-state index in [0.717, 1.165) is 37.0 Å². The number of benzene rings is 1. The lowest BCUT2D eigenvalue weighted by Gasteiger charge is -2.38. The van der Waals surface area contributed by atoms with Crippen LogP contribution in [0.4, 0.5) is 10.5 Å². The van der Waals surface area contributed by atoms with Crippen LogP contribution in [0.1, 0.15) is 56.3 Å². The highest BCUT2D eigenvalue weighted by molar-refractivity contribution is 7.94. The summed E-state index contributed by atoms with van der Waals surface area (Å²) in [5, 5.41) is 14.7. The maximum Gasteiger partial charge on any atom is 0.317 e. The number of hydrogen-bond donors (Lipinski definition) is 3. The number of thiophene rings is 1. The third-order valence-corrected chi connectivity index (χ3v) is 10.2. The molecule has 1 fully saturated rings. The van der Waals surface area contributed by atoms with Gasteiger partial charge in [-0.15, -0.1) is 11.3 Å². The molecule has 1 aliphatic carbocycles. The van der Waals surface area contributed by atoms with E-state index in [9.17, 15) is 23.1 Å². The average Bonchev–Trinajstić information content (AvgIpc) is 3.47. The first kappa shape index (κ1) is 29.2. The van der Waals surface area contributed by atoms with Crippen LogP contribution in [0.25, 0.3) is 0 Å². The van der Waals surface area contributed by atoms with Gasteiger partial charge in [-0.3, -0.25) is 9.52 Å². The summed E-state index contributed by atoms with van der Waals surface area (Å²) in [5.41, 5.74) is 0.415. The Hall–Kier alpha value is -2.83. The van der Waals surface area contributed by atoms with Gasteiger partial charge in [0, 0.05) is 31.2 Å². The molecule has 2 aliphatic rings. The van der Waals surface area contributed by atoms with E-state index in [1.165, 1.54) is 18.6 Å². The smallest absolute Gasteiger partial charge is 0.317 e. The van der Waals surface area contributed by atoms with Gasteiger partial charge in [0.05, 0.1) is 24.8 Å². The fourth-order valence-corrected chi connectivity index (χ4v) is 7.05. The Labute approximate surface area is 234 Å². The minimum absolute atomic E-state index is 0.155. The molecule has 4 rings (SSSR count). The van der Waals surface area contributed by atoms with Crippen molar-refractivity contribution in [2.75, 3.05) is 31.5 Å². The first-order chi connectivity index (χ1) is 18.6. The molecule has 2 aromatic rings. The van der Waals surface area contributed by atoms with Crippen molar-refractivity contribution < 1.29 is 27.9 Å². The van der Waals surface area contributed by atoms with Crippen molar-refractivity contribution in [3.63, 3.8) is 0 Å². The predicted octanol–water partition coefficient (Wildman–Crippen LogP) is 3.74. The Balaban J connectivity index is 1.58. The number of urea groups is 1. The lowest BCUT2D eigenvalue weighted by atomic mass is 9.96. The molecule has 3 N–H and O–H groups in total. The van der Waals surface area contributed by atoms with Gasteiger partial charge >= 0.3 is 6.03 Å². The summed E-state index contributed by atoms with van der Waals surface area (Å²) in [5.74, 6) is -0.220. The number of amides is 3. The summed E-state index contributed by atoms with van der Waals surface area (Å²) >= 11 is 1.10. The Morgan fingerprint density at radius 1 is 1.26 bits per heavy atom. The Morgan fingerprint density at radius 2 is 2.00 bits per heavy atom.